The fourth-order valence-corrected chi connectivity index (χ4v) is 5.28. The van der Waals surface area contributed by atoms with Crippen LogP contribution in [0.25, 0.3) is 0 Å². The van der Waals surface area contributed by atoms with Crippen molar-refractivity contribution in [3.8, 4) is 0 Å². The summed E-state index contributed by atoms with van der Waals surface area (Å²) in [4.78, 5) is 30.0. The molecule has 0 bridgehead atoms. The van der Waals surface area contributed by atoms with E-state index in [9.17, 15) is 14.7 Å². The van der Waals surface area contributed by atoms with Gasteiger partial charge in [0, 0.05) is 30.7 Å². The number of fused-ring (bicyclic) bond motifs is 1. The quantitative estimate of drug-likeness (QED) is 0.485. The highest BCUT2D eigenvalue weighted by molar-refractivity contribution is 6.42. The largest absolute Gasteiger partial charge is 0.359 e. The Balaban J connectivity index is 1.57. The van der Waals surface area contributed by atoms with Gasteiger partial charge in [0.05, 0.1) is 21.4 Å². The van der Waals surface area contributed by atoms with Gasteiger partial charge >= 0.3 is 6.03 Å². The standard InChI is InChI=1S/C25H30Cl2N4O3/c1-16-7-5-8-17(2)30(16)14-6-13-28-23(32)25(34)19-9-3-4-10-22(19)29-24(33)31(25)18-11-12-20(26)21(27)15-18/h3-4,9-12,15-17,34H,5-8,13-14H2,1-2H3,(H,28,32)(H,29,33)/t16-,17-,25+/m1/s1. The molecule has 2 aromatic rings. The number of carbonyl (C=O) groups excluding carboxylic acids is 2. The van der Waals surface area contributed by atoms with Gasteiger partial charge in [-0.3, -0.25) is 14.6 Å². The van der Waals surface area contributed by atoms with Crippen LogP contribution in [0, 0.1) is 0 Å². The van der Waals surface area contributed by atoms with Crippen molar-refractivity contribution in [1.82, 2.24) is 10.2 Å². The third-order valence-electron chi connectivity index (χ3n) is 6.80. The number of aliphatic hydroxyl groups is 1. The lowest BCUT2D eigenvalue weighted by atomic mass is 9.94. The normalized spacial score (nSPS) is 25.0. The van der Waals surface area contributed by atoms with Gasteiger partial charge in [-0.25, -0.2) is 4.79 Å². The predicted molar refractivity (Wildman–Crippen MR) is 135 cm³/mol. The van der Waals surface area contributed by atoms with Crippen LogP contribution in [0.5, 0.6) is 0 Å². The molecule has 0 aliphatic carbocycles. The van der Waals surface area contributed by atoms with E-state index in [-0.39, 0.29) is 16.3 Å². The minimum atomic E-state index is -2.26. The SMILES string of the molecule is C[C@@H]1CCC[C@@H](C)N1CCCNC(=O)[C@@]1(O)c2ccccc2NC(=O)N1c1ccc(Cl)c(Cl)c1. The zero-order chi connectivity index (χ0) is 24.5. The topological polar surface area (TPSA) is 84.9 Å². The highest BCUT2D eigenvalue weighted by Gasteiger charge is 2.51. The summed E-state index contributed by atoms with van der Waals surface area (Å²) in [6.07, 6.45) is 4.34. The lowest BCUT2D eigenvalue weighted by molar-refractivity contribution is -0.140. The number of urea groups is 1. The molecule has 3 atom stereocenters. The fourth-order valence-electron chi connectivity index (χ4n) is 4.99. The molecule has 182 valence electrons. The number of hydrogen-bond donors (Lipinski definition) is 3. The highest BCUT2D eigenvalue weighted by Crippen LogP contribution is 2.41. The summed E-state index contributed by atoms with van der Waals surface area (Å²) in [5.74, 6) is -0.680. The number of para-hydroxylation sites is 1. The zero-order valence-corrected chi connectivity index (χ0v) is 20.9. The molecule has 1 saturated heterocycles. The molecule has 0 radical (unpaired) electrons. The van der Waals surface area contributed by atoms with E-state index in [2.05, 4.69) is 29.4 Å². The zero-order valence-electron chi connectivity index (χ0n) is 19.4. The Kier molecular flexibility index (Phi) is 7.38. The maximum Gasteiger partial charge on any atom is 0.329 e. The molecule has 2 aliphatic rings. The van der Waals surface area contributed by atoms with Gasteiger partial charge in [-0.2, -0.15) is 0 Å². The van der Waals surface area contributed by atoms with E-state index in [0.717, 1.165) is 17.9 Å². The summed E-state index contributed by atoms with van der Waals surface area (Å²) in [6.45, 7) is 5.71. The Morgan fingerprint density at radius 3 is 2.56 bits per heavy atom. The first-order chi connectivity index (χ1) is 16.2. The van der Waals surface area contributed by atoms with Crippen molar-refractivity contribution < 1.29 is 14.7 Å². The number of nitrogens with zero attached hydrogens (tertiary/aromatic N) is 2. The van der Waals surface area contributed by atoms with Gasteiger partial charge in [-0.1, -0.05) is 47.8 Å². The maximum absolute atomic E-state index is 13.5. The summed E-state index contributed by atoms with van der Waals surface area (Å²) in [6, 6.07) is 11.6. The van der Waals surface area contributed by atoms with E-state index >= 15 is 0 Å². The van der Waals surface area contributed by atoms with Crippen molar-refractivity contribution in [1.29, 1.82) is 0 Å². The van der Waals surface area contributed by atoms with E-state index in [1.165, 1.54) is 31.4 Å². The van der Waals surface area contributed by atoms with Crippen molar-refractivity contribution in [2.24, 2.45) is 0 Å². The van der Waals surface area contributed by atoms with Crippen molar-refractivity contribution in [2.75, 3.05) is 23.3 Å². The van der Waals surface area contributed by atoms with Gasteiger partial charge < -0.3 is 15.7 Å². The molecule has 4 rings (SSSR count). The van der Waals surface area contributed by atoms with Gasteiger partial charge in [-0.05, 0) is 57.4 Å². The first-order valence-electron chi connectivity index (χ1n) is 11.7. The van der Waals surface area contributed by atoms with Crippen LogP contribution < -0.4 is 15.5 Å². The first kappa shape index (κ1) is 24.8. The number of piperidine rings is 1. The second-order valence-corrected chi connectivity index (χ2v) is 9.87. The van der Waals surface area contributed by atoms with Crippen molar-refractivity contribution in [2.45, 2.75) is 57.3 Å². The van der Waals surface area contributed by atoms with Crippen LogP contribution in [-0.2, 0) is 10.5 Å². The molecule has 0 unspecified atom stereocenters. The number of carbonyl (C=O) groups is 2. The molecular formula is C25H30Cl2N4O3. The van der Waals surface area contributed by atoms with Crippen molar-refractivity contribution >= 4 is 46.5 Å². The minimum Gasteiger partial charge on any atom is -0.359 e. The number of hydrogen-bond acceptors (Lipinski definition) is 4. The average molecular weight is 505 g/mol. The molecule has 2 heterocycles. The third-order valence-corrected chi connectivity index (χ3v) is 7.54. The maximum atomic E-state index is 13.5. The molecule has 7 nitrogen and oxygen atoms in total. The summed E-state index contributed by atoms with van der Waals surface area (Å²) in [5.41, 5.74) is -1.37. The van der Waals surface area contributed by atoms with Gasteiger partial charge in [0.15, 0.2) is 0 Å². The Hall–Kier alpha value is -2.32. The monoisotopic (exact) mass is 504 g/mol. The number of amides is 3. The summed E-state index contributed by atoms with van der Waals surface area (Å²) in [5, 5.41) is 17.9. The molecular weight excluding hydrogens is 475 g/mol. The van der Waals surface area contributed by atoms with Crippen LogP contribution in [0.1, 0.15) is 45.1 Å². The fraction of sp³-hybridized carbons (Fsp3) is 0.440. The number of rotatable bonds is 6. The lowest BCUT2D eigenvalue weighted by Gasteiger charge is -2.42. The van der Waals surface area contributed by atoms with Crippen molar-refractivity contribution in [3.05, 3.63) is 58.1 Å². The Morgan fingerprint density at radius 1 is 1.15 bits per heavy atom. The number of halogens is 2. The molecule has 1 fully saturated rings. The summed E-state index contributed by atoms with van der Waals surface area (Å²) < 4.78 is 0. The van der Waals surface area contributed by atoms with E-state index < -0.39 is 17.7 Å². The molecule has 2 aromatic carbocycles. The van der Waals surface area contributed by atoms with Gasteiger partial charge in [0.25, 0.3) is 11.6 Å². The predicted octanol–water partition coefficient (Wildman–Crippen LogP) is 4.96. The number of likely N-dealkylation sites (tertiary alicyclic amines) is 1. The molecule has 0 aromatic heterocycles. The van der Waals surface area contributed by atoms with Gasteiger partial charge in [0.2, 0.25) is 0 Å². The smallest absolute Gasteiger partial charge is 0.329 e. The molecule has 9 heteroatoms. The summed E-state index contributed by atoms with van der Waals surface area (Å²) >= 11 is 12.2. The van der Waals surface area contributed by atoms with E-state index in [1.54, 1.807) is 30.3 Å². The van der Waals surface area contributed by atoms with E-state index in [1.807, 2.05) is 0 Å². The van der Waals surface area contributed by atoms with Crippen LogP contribution in [0.2, 0.25) is 10.0 Å². The molecule has 0 saturated carbocycles. The molecule has 0 spiro atoms. The Labute approximate surface area is 210 Å². The highest BCUT2D eigenvalue weighted by atomic mass is 35.5. The number of anilines is 2. The second kappa shape index (κ2) is 10.1. The van der Waals surface area contributed by atoms with E-state index in [0.29, 0.717) is 29.3 Å². The van der Waals surface area contributed by atoms with Crippen molar-refractivity contribution in [3.63, 3.8) is 0 Å². The lowest BCUT2D eigenvalue weighted by Crippen LogP contribution is -2.62. The number of benzene rings is 2. The molecule has 2 aliphatic heterocycles. The minimum absolute atomic E-state index is 0.207. The Morgan fingerprint density at radius 2 is 1.85 bits per heavy atom. The average Bonchev–Trinajstić information content (AvgIpc) is 2.80. The summed E-state index contributed by atoms with van der Waals surface area (Å²) in [7, 11) is 0. The van der Waals surface area contributed by atoms with Crippen LogP contribution in [0.4, 0.5) is 16.2 Å². The van der Waals surface area contributed by atoms with Gasteiger partial charge in [-0.15, -0.1) is 0 Å². The van der Waals surface area contributed by atoms with Crippen LogP contribution >= 0.6 is 23.2 Å². The number of nitrogens with one attached hydrogen (secondary N) is 2. The van der Waals surface area contributed by atoms with Crippen LogP contribution in [0.3, 0.4) is 0 Å². The second-order valence-electron chi connectivity index (χ2n) is 9.06. The molecule has 3 amide bonds. The van der Waals surface area contributed by atoms with Crippen LogP contribution in [-0.4, -0.2) is 47.1 Å². The molecule has 34 heavy (non-hydrogen) atoms. The van der Waals surface area contributed by atoms with Gasteiger partial charge in [0.1, 0.15) is 0 Å². The molecule has 3 N–H and O–H groups in total. The first-order valence-corrected chi connectivity index (χ1v) is 12.4. The van der Waals surface area contributed by atoms with E-state index in [4.69, 9.17) is 23.2 Å². The Bertz CT molecular complexity index is 1070. The third kappa shape index (κ3) is 4.62. The van der Waals surface area contributed by atoms with Crippen LogP contribution in [0.15, 0.2) is 42.5 Å².